The van der Waals surface area contributed by atoms with Gasteiger partial charge in [0, 0.05) is 18.5 Å². The van der Waals surface area contributed by atoms with E-state index in [4.69, 9.17) is 9.26 Å². The monoisotopic (exact) mass is 552 g/mol. The second kappa shape index (κ2) is 14.0. The Hall–Kier alpha value is -2.11. The zero-order valence-electron chi connectivity index (χ0n) is 18.3. The standard InChI is InChI=1S/C21H30F2N4O3.HI/c1-5-15(6-2)17-11-16(30-27-17)13-26-21(24-7-3)25-12-14-8-9-18(28-4)19(10-14)29-20(22)23;/h8-11,15,20H,5-7,12-13H2,1-4H3,(H2,24,25,26);1H. The molecule has 0 aliphatic heterocycles. The normalized spacial score (nSPS) is 11.4. The van der Waals surface area contributed by atoms with Gasteiger partial charge in [-0.3, -0.25) is 0 Å². The Morgan fingerprint density at radius 2 is 1.87 bits per heavy atom. The van der Waals surface area contributed by atoms with Crippen molar-refractivity contribution in [1.82, 2.24) is 15.8 Å². The number of guanidine groups is 1. The number of benzene rings is 1. The third-order valence-electron chi connectivity index (χ3n) is 4.62. The third-order valence-corrected chi connectivity index (χ3v) is 4.62. The van der Waals surface area contributed by atoms with Gasteiger partial charge in [-0.2, -0.15) is 8.78 Å². The number of hydrogen-bond donors (Lipinski definition) is 2. The Labute approximate surface area is 199 Å². The van der Waals surface area contributed by atoms with E-state index in [0.29, 0.717) is 30.5 Å². The van der Waals surface area contributed by atoms with Crippen LogP contribution in [0.5, 0.6) is 11.5 Å². The third kappa shape index (κ3) is 8.50. The lowest BCUT2D eigenvalue weighted by molar-refractivity contribution is -0.0512. The first kappa shape index (κ1) is 26.9. The van der Waals surface area contributed by atoms with Gasteiger partial charge in [-0.05, 0) is 37.5 Å². The van der Waals surface area contributed by atoms with Crippen molar-refractivity contribution in [2.45, 2.75) is 59.2 Å². The summed E-state index contributed by atoms with van der Waals surface area (Å²) in [4.78, 5) is 4.50. The Morgan fingerprint density at radius 1 is 1.13 bits per heavy atom. The first-order valence-corrected chi connectivity index (χ1v) is 10.1. The Kier molecular flexibility index (Phi) is 12.2. The molecule has 0 unspecified atom stereocenters. The molecular formula is C21H31F2IN4O3. The number of halogens is 3. The largest absolute Gasteiger partial charge is 0.493 e. The van der Waals surface area contributed by atoms with E-state index in [0.717, 1.165) is 24.3 Å². The van der Waals surface area contributed by atoms with Crippen LogP contribution < -0.4 is 20.1 Å². The van der Waals surface area contributed by atoms with Crippen LogP contribution in [0, 0.1) is 0 Å². The maximum Gasteiger partial charge on any atom is 0.387 e. The second-order valence-electron chi connectivity index (χ2n) is 6.64. The van der Waals surface area contributed by atoms with Crippen molar-refractivity contribution in [2.75, 3.05) is 13.7 Å². The number of aliphatic imine (C=N–C) groups is 1. The molecule has 0 saturated carbocycles. The van der Waals surface area contributed by atoms with Crippen molar-refractivity contribution in [1.29, 1.82) is 0 Å². The molecule has 0 atom stereocenters. The highest BCUT2D eigenvalue weighted by molar-refractivity contribution is 14.0. The van der Waals surface area contributed by atoms with Gasteiger partial charge < -0.3 is 24.6 Å². The summed E-state index contributed by atoms with van der Waals surface area (Å²) in [6.45, 7) is 4.67. The Bertz CT molecular complexity index is 814. The zero-order valence-corrected chi connectivity index (χ0v) is 20.6. The molecule has 0 radical (unpaired) electrons. The summed E-state index contributed by atoms with van der Waals surface area (Å²) in [5.74, 6) is 1.91. The lowest BCUT2D eigenvalue weighted by Gasteiger charge is -2.12. The molecule has 2 rings (SSSR count). The predicted octanol–water partition coefficient (Wildman–Crippen LogP) is 5.06. The first-order valence-electron chi connectivity index (χ1n) is 10.1. The molecule has 1 aromatic heterocycles. The highest BCUT2D eigenvalue weighted by Gasteiger charge is 2.14. The van der Waals surface area contributed by atoms with Crippen LogP contribution in [0.1, 0.15) is 56.5 Å². The van der Waals surface area contributed by atoms with E-state index >= 15 is 0 Å². The molecular weight excluding hydrogens is 521 g/mol. The number of aromatic nitrogens is 1. The van der Waals surface area contributed by atoms with Crippen LogP contribution in [-0.2, 0) is 13.1 Å². The van der Waals surface area contributed by atoms with Crippen molar-refractivity contribution in [2.24, 2.45) is 4.99 Å². The molecule has 10 heteroatoms. The average Bonchev–Trinajstić information content (AvgIpc) is 3.19. The summed E-state index contributed by atoms with van der Waals surface area (Å²) in [5, 5.41) is 10.5. The minimum atomic E-state index is -2.93. The molecule has 31 heavy (non-hydrogen) atoms. The van der Waals surface area contributed by atoms with Crippen molar-refractivity contribution in [3.05, 3.63) is 41.3 Å². The van der Waals surface area contributed by atoms with Gasteiger partial charge in [0.15, 0.2) is 23.2 Å². The molecule has 2 N–H and O–H groups in total. The summed E-state index contributed by atoms with van der Waals surface area (Å²) in [6.07, 6.45) is 2.03. The fourth-order valence-electron chi connectivity index (χ4n) is 3.00. The van der Waals surface area contributed by atoms with Gasteiger partial charge in [0.1, 0.15) is 0 Å². The molecule has 0 fully saturated rings. The van der Waals surface area contributed by atoms with Gasteiger partial charge in [0.2, 0.25) is 0 Å². The summed E-state index contributed by atoms with van der Waals surface area (Å²) in [6, 6.07) is 6.79. The van der Waals surface area contributed by atoms with Gasteiger partial charge >= 0.3 is 6.61 Å². The summed E-state index contributed by atoms with van der Waals surface area (Å²) >= 11 is 0. The van der Waals surface area contributed by atoms with Crippen LogP contribution in [0.4, 0.5) is 8.78 Å². The van der Waals surface area contributed by atoms with Gasteiger partial charge in [0.05, 0.1) is 25.9 Å². The molecule has 0 aliphatic rings. The minimum absolute atomic E-state index is 0. The van der Waals surface area contributed by atoms with Crippen LogP contribution in [0.15, 0.2) is 33.8 Å². The smallest absolute Gasteiger partial charge is 0.387 e. The molecule has 174 valence electrons. The Balaban J connectivity index is 0.00000480. The van der Waals surface area contributed by atoms with Crippen LogP contribution in [0.25, 0.3) is 0 Å². The van der Waals surface area contributed by atoms with Gasteiger partial charge in [-0.25, -0.2) is 4.99 Å². The molecule has 0 aliphatic carbocycles. The van der Waals surface area contributed by atoms with E-state index in [2.05, 4.69) is 39.4 Å². The van der Waals surface area contributed by atoms with Crippen LogP contribution in [0.3, 0.4) is 0 Å². The van der Waals surface area contributed by atoms with E-state index in [-0.39, 0.29) is 42.0 Å². The number of ether oxygens (including phenoxy) is 2. The molecule has 0 saturated heterocycles. The number of nitrogens with one attached hydrogen (secondary N) is 2. The number of methoxy groups -OCH3 is 1. The summed E-state index contributed by atoms with van der Waals surface area (Å²) in [7, 11) is 1.40. The van der Waals surface area contributed by atoms with Crippen LogP contribution >= 0.6 is 24.0 Å². The lowest BCUT2D eigenvalue weighted by atomic mass is 9.99. The van der Waals surface area contributed by atoms with Crippen molar-refractivity contribution >= 4 is 29.9 Å². The molecule has 7 nitrogen and oxygen atoms in total. The van der Waals surface area contributed by atoms with Crippen molar-refractivity contribution < 1.29 is 22.8 Å². The maximum atomic E-state index is 12.6. The average molecular weight is 552 g/mol. The van der Waals surface area contributed by atoms with Gasteiger partial charge in [-0.15, -0.1) is 24.0 Å². The lowest BCUT2D eigenvalue weighted by Crippen LogP contribution is -2.36. The van der Waals surface area contributed by atoms with Crippen LogP contribution in [-0.4, -0.2) is 31.4 Å². The second-order valence-corrected chi connectivity index (χ2v) is 6.64. The zero-order chi connectivity index (χ0) is 21.9. The fourth-order valence-corrected chi connectivity index (χ4v) is 3.00. The maximum absolute atomic E-state index is 12.6. The summed E-state index contributed by atoms with van der Waals surface area (Å²) in [5.41, 5.74) is 1.67. The number of nitrogens with zero attached hydrogens (tertiary/aromatic N) is 2. The molecule has 0 amide bonds. The molecule has 2 aromatic rings. The number of hydrogen-bond acceptors (Lipinski definition) is 5. The number of rotatable bonds is 11. The van der Waals surface area contributed by atoms with Crippen molar-refractivity contribution in [3.8, 4) is 11.5 Å². The van der Waals surface area contributed by atoms with Gasteiger partial charge in [-0.1, -0.05) is 25.1 Å². The van der Waals surface area contributed by atoms with E-state index in [1.807, 2.05) is 13.0 Å². The van der Waals surface area contributed by atoms with E-state index in [9.17, 15) is 8.78 Å². The van der Waals surface area contributed by atoms with E-state index < -0.39 is 6.61 Å². The predicted molar refractivity (Wildman–Crippen MR) is 127 cm³/mol. The van der Waals surface area contributed by atoms with Crippen molar-refractivity contribution in [3.63, 3.8) is 0 Å². The topological polar surface area (TPSA) is 80.9 Å². The fraction of sp³-hybridized carbons (Fsp3) is 0.524. The minimum Gasteiger partial charge on any atom is -0.493 e. The molecule has 1 heterocycles. The summed E-state index contributed by atoms with van der Waals surface area (Å²) < 4.78 is 40.2. The quantitative estimate of drug-likeness (QED) is 0.231. The number of alkyl halides is 2. The molecule has 1 aromatic carbocycles. The Morgan fingerprint density at radius 3 is 2.48 bits per heavy atom. The van der Waals surface area contributed by atoms with E-state index in [1.54, 1.807) is 12.1 Å². The SMILES string of the molecule is CCNC(=NCc1ccc(OC)c(OC(F)F)c1)NCc1cc(C(CC)CC)no1.I. The highest BCUT2D eigenvalue weighted by atomic mass is 127. The molecule has 0 spiro atoms. The highest BCUT2D eigenvalue weighted by Crippen LogP contribution is 2.29. The van der Waals surface area contributed by atoms with Gasteiger partial charge in [0.25, 0.3) is 0 Å². The van der Waals surface area contributed by atoms with Crippen LogP contribution in [0.2, 0.25) is 0 Å². The molecule has 0 bridgehead atoms. The first-order chi connectivity index (χ1) is 14.5. The van der Waals surface area contributed by atoms with E-state index in [1.165, 1.54) is 13.2 Å².